The predicted molar refractivity (Wildman–Crippen MR) is 240 cm³/mol. The Morgan fingerprint density at radius 3 is 1.58 bits per heavy atom. The third kappa shape index (κ3) is 14.6. The molecule has 0 bridgehead atoms. The Kier molecular flexibility index (Phi) is 20.6. The van der Waals surface area contributed by atoms with Gasteiger partial charge in [-0.25, -0.2) is 6.08 Å². The molecule has 0 aromatic heterocycles. The maximum Gasteiger partial charge on any atom is -0.0181 e. The normalized spacial score (nSPS) is 12.8. The van der Waals surface area contributed by atoms with Crippen LogP contribution in [0, 0.1) is 55.4 Å². The summed E-state index contributed by atoms with van der Waals surface area (Å²) in [6, 6.07) is 57.6. The van der Waals surface area contributed by atoms with E-state index in [0.717, 1.165) is 6.42 Å². The fraction of sp³-hybridized carbons (Fsp3) is 0.212. The van der Waals surface area contributed by atoms with Crippen molar-refractivity contribution in [2.75, 3.05) is 0 Å². The molecular formula is C52H54Cl2Zr-4. The molecule has 8 rings (SSSR count). The van der Waals surface area contributed by atoms with Crippen molar-refractivity contribution in [3.8, 4) is 33.4 Å². The van der Waals surface area contributed by atoms with Crippen molar-refractivity contribution < 1.29 is 24.2 Å². The molecule has 0 nitrogen and oxygen atoms in total. The third-order valence-electron chi connectivity index (χ3n) is 9.13. The van der Waals surface area contributed by atoms with Crippen LogP contribution in [0.4, 0.5) is 0 Å². The predicted octanol–water partition coefficient (Wildman–Crippen LogP) is 14.4. The molecule has 3 heteroatoms. The first kappa shape index (κ1) is 47.3. The van der Waals surface area contributed by atoms with Gasteiger partial charge in [-0.3, -0.25) is 6.08 Å². The summed E-state index contributed by atoms with van der Waals surface area (Å²) in [6.45, 7) is 15.4. The minimum atomic E-state index is 0. The number of allylic oxidation sites excluding steroid dienone is 4. The number of halogens is 2. The molecule has 0 N–H and O–H groups in total. The summed E-state index contributed by atoms with van der Waals surface area (Å²) in [6.07, 6.45) is 8.87. The summed E-state index contributed by atoms with van der Waals surface area (Å²) >= 11 is 1.30. The average molecular weight is 841 g/mol. The molecule has 6 aromatic carbocycles. The van der Waals surface area contributed by atoms with Crippen LogP contribution in [-0.4, -0.2) is 4.21 Å². The fourth-order valence-electron chi connectivity index (χ4n) is 5.99. The zero-order valence-corrected chi connectivity index (χ0v) is 37.4. The molecule has 284 valence electrons. The molecule has 2 aliphatic carbocycles. The van der Waals surface area contributed by atoms with Gasteiger partial charge in [-0.1, -0.05) is 161 Å². The van der Waals surface area contributed by atoms with Gasteiger partial charge in [0.05, 0.1) is 0 Å². The van der Waals surface area contributed by atoms with Gasteiger partial charge in [0, 0.05) is 0 Å². The molecule has 0 spiro atoms. The van der Waals surface area contributed by atoms with E-state index in [0.29, 0.717) is 11.8 Å². The van der Waals surface area contributed by atoms with Crippen molar-refractivity contribution >= 4 is 29.0 Å². The van der Waals surface area contributed by atoms with Crippen LogP contribution < -0.4 is 0 Å². The first-order valence-corrected chi connectivity index (χ1v) is 20.1. The van der Waals surface area contributed by atoms with Crippen molar-refractivity contribution in [1.29, 1.82) is 0 Å². The molecule has 0 saturated heterocycles. The van der Waals surface area contributed by atoms with Crippen LogP contribution in [0.5, 0.6) is 0 Å². The number of benzene rings is 6. The Balaban J connectivity index is 0.000000291. The third-order valence-corrected chi connectivity index (χ3v) is 9.13. The van der Waals surface area contributed by atoms with E-state index in [9.17, 15) is 0 Å². The van der Waals surface area contributed by atoms with Crippen LogP contribution in [-0.2, 0) is 30.7 Å². The Bertz CT molecular complexity index is 1920. The zero-order valence-electron chi connectivity index (χ0n) is 33.3. The molecule has 2 aliphatic rings. The minimum Gasteiger partial charge on any atom is -0.143 e. The van der Waals surface area contributed by atoms with E-state index in [2.05, 4.69) is 180 Å². The molecule has 6 aromatic rings. The van der Waals surface area contributed by atoms with Gasteiger partial charge in [-0.05, 0) is 23.1 Å². The number of hydrogen-bond acceptors (Lipinski definition) is 0. The Morgan fingerprint density at radius 1 is 0.636 bits per heavy atom. The van der Waals surface area contributed by atoms with E-state index in [1.54, 1.807) is 0 Å². The maximum atomic E-state index is 3.65. The number of rotatable bonds is 3. The van der Waals surface area contributed by atoms with Gasteiger partial charge in [0.2, 0.25) is 0 Å². The SMILES string of the molecule is CC(C)C1[C-]=CC(C(C)(C)C)=C1.Cc1cc[c-]cc1.Cc1cc[c-]cc1.Cl.Cl.[CH2]=[Zr].[c-]1c(-c2ccccc2)ccc2c1Cc1cc(-c3ccccc3)ccc1-2. The molecule has 0 aliphatic heterocycles. The molecule has 1 atom stereocenters. The Labute approximate surface area is 360 Å². The van der Waals surface area contributed by atoms with E-state index in [1.165, 1.54) is 85.4 Å². The minimum absolute atomic E-state index is 0. The van der Waals surface area contributed by atoms with Gasteiger partial charge in [-0.2, -0.15) is 83.4 Å². The van der Waals surface area contributed by atoms with Gasteiger partial charge >= 0.3 is 28.4 Å². The molecule has 0 radical (unpaired) electrons. The first-order valence-electron chi connectivity index (χ1n) is 18.4. The molecular weight excluding hydrogens is 787 g/mol. The van der Waals surface area contributed by atoms with Gasteiger partial charge in [0.25, 0.3) is 0 Å². The molecule has 0 saturated carbocycles. The second-order valence-corrected chi connectivity index (χ2v) is 14.7. The van der Waals surface area contributed by atoms with Crippen molar-refractivity contribution in [3.05, 3.63) is 204 Å². The van der Waals surface area contributed by atoms with Gasteiger partial charge in [0.1, 0.15) is 0 Å². The molecule has 0 heterocycles. The van der Waals surface area contributed by atoms with Crippen LogP contribution in [0.25, 0.3) is 33.4 Å². The largest absolute Gasteiger partial charge is 0.143 e. The van der Waals surface area contributed by atoms with Crippen LogP contribution in [0.1, 0.15) is 56.9 Å². The standard InChI is InChI=1S/C25H17.C12H19.2C7H7.CH2.2ClH.Zr/c1-3-7-18(8-4-1)20-11-13-24-22(15-20)17-23-16-21(12-14-25(23)24)19-9-5-2-6-10-19;1-9(2)10-6-7-11(8-10)12(3,4)5;2*1-7-5-3-2-4-6-7;;;;/h1-15H,17H2;7-10H,1-5H3;2*3-6H,1H3;1H2;2*1H;/q4*-1;;;;. The molecule has 55 heavy (non-hydrogen) atoms. The van der Waals surface area contributed by atoms with Crippen LogP contribution in [0.3, 0.4) is 0 Å². The second kappa shape index (κ2) is 23.9. The van der Waals surface area contributed by atoms with Crippen molar-refractivity contribution in [1.82, 2.24) is 0 Å². The fourth-order valence-corrected chi connectivity index (χ4v) is 5.99. The first-order chi connectivity index (χ1) is 25.6. The average Bonchev–Trinajstić information content (AvgIpc) is 3.84. The van der Waals surface area contributed by atoms with Crippen molar-refractivity contribution in [2.24, 2.45) is 17.3 Å². The van der Waals surface area contributed by atoms with E-state index >= 15 is 0 Å². The van der Waals surface area contributed by atoms with Crippen LogP contribution in [0.2, 0.25) is 0 Å². The van der Waals surface area contributed by atoms with E-state index in [-0.39, 0.29) is 30.2 Å². The number of hydrogen-bond donors (Lipinski definition) is 0. The van der Waals surface area contributed by atoms with E-state index in [4.69, 9.17) is 0 Å². The topological polar surface area (TPSA) is 0 Å². The van der Waals surface area contributed by atoms with Crippen LogP contribution >= 0.6 is 24.8 Å². The number of fused-ring (bicyclic) bond motifs is 3. The van der Waals surface area contributed by atoms with Gasteiger partial charge < -0.3 is 0 Å². The summed E-state index contributed by atoms with van der Waals surface area (Å²) in [5.74, 6) is 1.22. The summed E-state index contributed by atoms with van der Waals surface area (Å²) < 4.78 is 3.34. The molecule has 1 unspecified atom stereocenters. The van der Waals surface area contributed by atoms with Crippen molar-refractivity contribution in [2.45, 2.75) is 54.9 Å². The monoisotopic (exact) mass is 838 g/mol. The molecule has 0 amide bonds. The van der Waals surface area contributed by atoms with Gasteiger partial charge in [-0.15, -0.1) is 54.1 Å². The smallest absolute Gasteiger partial charge is 0.0181 e. The quantitative estimate of drug-likeness (QED) is 0.156. The summed E-state index contributed by atoms with van der Waals surface area (Å²) in [5.41, 5.74) is 14.7. The summed E-state index contributed by atoms with van der Waals surface area (Å²) in [7, 11) is 0. The maximum absolute atomic E-state index is 3.65. The van der Waals surface area contributed by atoms with Crippen LogP contribution in [0.15, 0.2) is 157 Å². The summed E-state index contributed by atoms with van der Waals surface area (Å²) in [4.78, 5) is 0. The van der Waals surface area contributed by atoms with Crippen molar-refractivity contribution in [3.63, 3.8) is 0 Å². The van der Waals surface area contributed by atoms with Gasteiger partial charge in [0.15, 0.2) is 0 Å². The van der Waals surface area contributed by atoms with E-state index < -0.39 is 0 Å². The molecule has 0 fully saturated rings. The summed E-state index contributed by atoms with van der Waals surface area (Å²) in [5, 5.41) is 0. The zero-order chi connectivity index (χ0) is 38.2. The number of aryl methyl sites for hydroxylation is 2. The Morgan fingerprint density at radius 2 is 1.15 bits per heavy atom. The Hall–Kier alpha value is -3.87. The van der Waals surface area contributed by atoms with E-state index in [1.807, 2.05) is 48.5 Å². The second-order valence-electron chi connectivity index (χ2n) is 14.7.